The molecule has 0 atom stereocenters. The molecule has 0 aliphatic carbocycles. The van der Waals surface area contributed by atoms with Gasteiger partial charge in [-0.3, -0.25) is 4.79 Å². The van der Waals surface area contributed by atoms with E-state index in [4.69, 9.17) is 16.3 Å². The van der Waals surface area contributed by atoms with Crippen molar-refractivity contribution in [2.45, 2.75) is 13.8 Å². The van der Waals surface area contributed by atoms with Gasteiger partial charge < -0.3 is 10.1 Å². The van der Waals surface area contributed by atoms with Crippen LogP contribution < -0.4 is 10.1 Å². The number of benzene rings is 2. The van der Waals surface area contributed by atoms with Crippen LogP contribution >= 0.6 is 22.9 Å². The number of aromatic nitrogens is 3. The van der Waals surface area contributed by atoms with Crippen LogP contribution in [-0.4, -0.2) is 27.3 Å². The third-order valence-corrected chi connectivity index (χ3v) is 5.64. The number of thiazole rings is 1. The van der Waals surface area contributed by atoms with Gasteiger partial charge in [-0.2, -0.15) is 9.78 Å². The molecule has 0 saturated carbocycles. The first kappa shape index (κ1) is 19.4. The Hall–Kier alpha value is -2.97. The SMILES string of the molecule is Cc1cc(NC(=O)COc2ccc(F)cc2)n(-c2nc3c(C)ccc(Cl)c3s2)n1. The minimum Gasteiger partial charge on any atom is -0.484 e. The van der Waals surface area contributed by atoms with Crippen molar-refractivity contribution in [2.24, 2.45) is 0 Å². The van der Waals surface area contributed by atoms with Gasteiger partial charge in [-0.15, -0.1) is 0 Å². The van der Waals surface area contributed by atoms with E-state index in [1.54, 1.807) is 10.7 Å². The highest BCUT2D eigenvalue weighted by Gasteiger charge is 2.17. The predicted molar refractivity (Wildman–Crippen MR) is 112 cm³/mol. The molecule has 1 N–H and O–H groups in total. The molecule has 0 aliphatic heterocycles. The Morgan fingerprint density at radius 1 is 1.24 bits per heavy atom. The van der Waals surface area contributed by atoms with Crippen LogP contribution in [0.25, 0.3) is 15.3 Å². The quantitative estimate of drug-likeness (QED) is 0.488. The van der Waals surface area contributed by atoms with E-state index < -0.39 is 0 Å². The molecule has 0 aliphatic rings. The van der Waals surface area contributed by atoms with Gasteiger partial charge in [-0.25, -0.2) is 9.37 Å². The average molecular weight is 431 g/mol. The Labute approximate surface area is 174 Å². The van der Waals surface area contributed by atoms with Gasteiger partial charge in [0.25, 0.3) is 5.91 Å². The van der Waals surface area contributed by atoms with Crippen molar-refractivity contribution in [1.82, 2.24) is 14.8 Å². The lowest BCUT2D eigenvalue weighted by atomic mass is 10.2. The molecule has 0 unspecified atom stereocenters. The Bertz CT molecular complexity index is 1160. The zero-order valence-corrected chi connectivity index (χ0v) is 17.1. The first-order valence-corrected chi connectivity index (χ1v) is 9.91. The summed E-state index contributed by atoms with van der Waals surface area (Å²) >= 11 is 7.70. The molecule has 6 nitrogen and oxygen atoms in total. The molecule has 0 saturated heterocycles. The van der Waals surface area contributed by atoms with Gasteiger partial charge in [0.05, 0.1) is 20.9 Å². The molecular weight excluding hydrogens is 415 g/mol. The molecule has 0 radical (unpaired) electrons. The van der Waals surface area contributed by atoms with Gasteiger partial charge in [0.15, 0.2) is 6.61 Å². The number of amides is 1. The summed E-state index contributed by atoms with van der Waals surface area (Å²) in [7, 11) is 0. The third kappa shape index (κ3) is 4.08. The third-order valence-electron chi connectivity index (χ3n) is 4.15. The van der Waals surface area contributed by atoms with Crippen LogP contribution in [0.5, 0.6) is 5.75 Å². The van der Waals surface area contributed by atoms with E-state index in [-0.39, 0.29) is 18.3 Å². The van der Waals surface area contributed by atoms with Crippen LogP contribution in [0.4, 0.5) is 10.2 Å². The second-order valence-electron chi connectivity index (χ2n) is 6.41. The highest BCUT2D eigenvalue weighted by Crippen LogP contribution is 2.34. The molecule has 2 aromatic carbocycles. The van der Waals surface area contributed by atoms with Gasteiger partial charge in [0.1, 0.15) is 17.4 Å². The summed E-state index contributed by atoms with van der Waals surface area (Å²) in [5.74, 6) is 0.142. The van der Waals surface area contributed by atoms with Crippen LogP contribution in [0.2, 0.25) is 5.02 Å². The standard InChI is InChI=1S/C20H16ClFN4O2S/c1-11-3-8-15(21)19-18(11)24-20(29-19)26-16(9-12(2)25-26)23-17(27)10-28-14-6-4-13(22)5-7-14/h3-9H,10H2,1-2H3,(H,23,27). The number of nitrogens with one attached hydrogen (secondary N) is 1. The van der Waals surface area contributed by atoms with E-state index in [0.717, 1.165) is 21.5 Å². The van der Waals surface area contributed by atoms with Crippen molar-refractivity contribution < 1.29 is 13.9 Å². The van der Waals surface area contributed by atoms with Crippen molar-refractivity contribution in [3.8, 4) is 10.9 Å². The monoisotopic (exact) mass is 430 g/mol. The molecule has 1 amide bonds. The lowest BCUT2D eigenvalue weighted by Crippen LogP contribution is -2.21. The van der Waals surface area contributed by atoms with E-state index in [2.05, 4.69) is 15.4 Å². The Morgan fingerprint density at radius 2 is 2.00 bits per heavy atom. The number of fused-ring (bicyclic) bond motifs is 1. The van der Waals surface area contributed by atoms with E-state index in [9.17, 15) is 9.18 Å². The maximum atomic E-state index is 13.0. The summed E-state index contributed by atoms with van der Waals surface area (Å²) in [6, 6.07) is 11.0. The molecule has 148 valence electrons. The van der Waals surface area contributed by atoms with E-state index in [0.29, 0.717) is 21.7 Å². The number of nitrogens with zero attached hydrogens (tertiary/aromatic N) is 3. The number of halogens is 2. The summed E-state index contributed by atoms with van der Waals surface area (Å²) in [6.07, 6.45) is 0. The largest absolute Gasteiger partial charge is 0.484 e. The van der Waals surface area contributed by atoms with Crippen LogP contribution in [0.15, 0.2) is 42.5 Å². The smallest absolute Gasteiger partial charge is 0.263 e. The zero-order valence-electron chi connectivity index (χ0n) is 15.6. The molecule has 0 spiro atoms. The van der Waals surface area contributed by atoms with E-state index in [1.807, 2.05) is 26.0 Å². The van der Waals surface area contributed by atoms with E-state index >= 15 is 0 Å². The van der Waals surface area contributed by atoms with Crippen molar-refractivity contribution in [3.63, 3.8) is 0 Å². The molecule has 2 aromatic heterocycles. The summed E-state index contributed by atoms with van der Waals surface area (Å²) in [5, 5.41) is 8.44. The first-order chi connectivity index (χ1) is 13.9. The molecule has 0 fully saturated rings. The van der Waals surface area contributed by atoms with Gasteiger partial charge in [0, 0.05) is 6.07 Å². The second-order valence-corrected chi connectivity index (χ2v) is 7.80. The fourth-order valence-electron chi connectivity index (χ4n) is 2.77. The van der Waals surface area contributed by atoms with Gasteiger partial charge in [0.2, 0.25) is 5.13 Å². The van der Waals surface area contributed by atoms with Gasteiger partial charge >= 0.3 is 0 Å². The highest BCUT2D eigenvalue weighted by atomic mass is 35.5. The molecule has 4 aromatic rings. The van der Waals surface area contributed by atoms with Crippen molar-refractivity contribution in [2.75, 3.05) is 11.9 Å². The summed E-state index contributed by atoms with van der Waals surface area (Å²) in [4.78, 5) is 17.0. The fourth-order valence-corrected chi connectivity index (χ4v) is 4.06. The Kier molecular flexibility index (Phi) is 5.21. The molecule has 29 heavy (non-hydrogen) atoms. The summed E-state index contributed by atoms with van der Waals surface area (Å²) in [5.41, 5.74) is 2.54. The molecule has 2 heterocycles. The average Bonchev–Trinajstić information content (AvgIpc) is 3.29. The van der Waals surface area contributed by atoms with E-state index in [1.165, 1.54) is 35.6 Å². The topological polar surface area (TPSA) is 69.0 Å². The number of ether oxygens (including phenoxy) is 1. The first-order valence-electron chi connectivity index (χ1n) is 8.71. The fraction of sp³-hybridized carbons (Fsp3) is 0.150. The Balaban J connectivity index is 1.55. The number of hydrogen-bond donors (Lipinski definition) is 1. The normalized spacial score (nSPS) is 11.0. The highest BCUT2D eigenvalue weighted by molar-refractivity contribution is 7.21. The minimum atomic E-state index is -0.370. The minimum absolute atomic E-state index is 0.222. The van der Waals surface area contributed by atoms with Gasteiger partial charge in [-0.1, -0.05) is 29.0 Å². The van der Waals surface area contributed by atoms with Crippen LogP contribution in [0, 0.1) is 19.7 Å². The maximum Gasteiger partial charge on any atom is 0.263 e. The number of hydrogen-bond acceptors (Lipinski definition) is 5. The molecule has 0 bridgehead atoms. The number of aryl methyl sites for hydroxylation is 2. The number of carbonyl (C=O) groups excluding carboxylic acids is 1. The number of anilines is 1. The summed E-state index contributed by atoms with van der Waals surface area (Å²) in [6.45, 7) is 3.57. The van der Waals surface area contributed by atoms with Crippen molar-refractivity contribution >= 4 is 44.9 Å². The van der Waals surface area contributed by atoms with Crippen LogP contribution in [0.1, 0.15) is 11.3 Å². The molecular formula is C20H16ClFN4O2S. The van der Waals surface area contributed by atoms with Crippen molar-refractivity contribution in [3.05, 3.63) is 64.6 Å². The second kappa shape index (κ2) is 7.81. The Morgan fingerprint density at radius 3 is 2.72 bits per heavy atom. The van der Waals surface area contributed by atoms with Crippen LogP contribution in [0.3, 0.4) is 0 Å². The molecule has 4 rings (SSSR count). The number of rotatable bonds is 5. The van der Waals surface area contributed by atoms with Gasteiger partial charge in [-0.05, 0) is 49.7 Å². The number of carbonyl (C=O) groups is 1. The van der Waals surface area contributed by atoms with Crippen LogP contribution in [-0.2, 0) is 4.79 Å². The summed E-state index contributed by atoms with van der Waals surface area (Å²) < 4.78 is 20.8. The zero-order chi connectivity index (χ0) is 20.5. The van der Waals surface area contributed by atoms with Crippen molar-refractivity contribution in [1.29, 1.82) is 0 Å². The molecule has 9 heteroatoms. The lowest BCUT2D eigenvalue weighted by molar-refractivity contribution is -0.118. The maximum absolute atomic E-state index is 13.0. The lowest BCUT2D eigenvalue weighted by Gasteiger charge is -2.08. The predicted octanol–water partition coefficient (Wildman–Crippen LogP) is 4.91.